The van der Waals surface area contributed by atoms with Gasteiger partial charge in [0.2, 0.25) is 0 Å². The molecule has 0 amide bonds. The predicted octanol–water partition coefficient (Wildman–Crippen LogP) is 7.05. The highest BCUT2D eigenvalue weighted by Gasteiger charge is 2.27. The lowest BCUT2D eigenvalue weighted by Gasteiger charge is -2.27. The number of anilines is 1. The number of rotatable bonds is 8. The fraction of sp³-hybridized carbons (Fsp3) is 0.400. The molecule has 2 aromatic heterocycles. The number of unbranched alkanes of at least 4 members (excludes halogenated alkanes) is 1. The molecule has 5 rings (SSSR count). The number of benzene rings is 2. The van der Waals surface area contributed by atoms with Crippen molar-refractivity contribution in [3.05, 3.63) is 76.1 Å². The average Bonchev–Trinajstić information content (AvgIpc) is 3.45. The summed E-state index contributed by atoms with van der Waals surface area (Å²) in [6.45, 7) is 10.5. The third kappa shape index (κ3) is 4.81. The fourth-order valence-corrected chi connectivity index (χ4v) is 5.32. The molecule has 0 atom stereocenters. The smallest absolute Gasteiger partial charge is 0.165 e. The topological polar surface area (TPSA) is 42.7 Å². The lowest BCUT2D eigenvalue weighted by molar-refractivity contribution is 0.414. The predicted molar refractivity (Wildman–Crippen MR) is 151 cm³/mol. The number of hydrogen-bond donors (Lipinski definition) is 0. The van der Waals surface area contributed by atoms with Crippen LogP contribution in [-0.2, 0) is 19.4 Å². The van der Waals surface area contributed by atoms with Crippen LogP contribution in [0.25, 0.3) is 16.8 Å². The first kappa shape index (κ1) is 26.0. The van der Waals surface area contributed by atoms with Crippen molar-refractivity contribution in [1.82, 2.24) is 14.6 Å². The molecule has 0 spiro atoms. The number of halogens is 1. The Morgan fingerprint density at radius 1 is 1.03 bits per heavy atom. The molecule has 2 heterocycles. The highest BCUT2D eigenvalue weighted by atomic mass is 35.5. The van der Waals surface area contributed by atoms with Crippen LogP contribution >= 0.6 is 12.4 Å². The average molecular weight is 505 g/mol. The van der Waals surface area contributed by atoms with Crippen LogP contribution in [-0.4, -0.2) is 28.3 Å². The molecule has 0 N–H and O–H groups in total. The lowest BCUT2D eigenvalue weighted by atomic mass is 10.0. The van der Waals surface area contributed by atoms with Crippen LogP contribution in [0.5, 0.6) is 5.75 Å². The molecule has 5 nitrogen and oxygen atoms in total. The van der Waals surface area contributed by atoms with Crippen molar-refractivity contribution in [3.63, 3.8) is 0 Å². The third-order valence-corrected chi connectivity index (χ3v) is 7.21. The summed E-state index contributed by atoms with van der Waals surface area (Å²) in [5.41, 5.74) is 10.7. The zero-order valence-electron chi connectivity index (χ0n) is 22.1. The highest BCUT2D eigenvalue weighted by molar-refractivity contribution is 5.85. The van der Waals surface area contributed by atoms with Crippen LogP contribution in [0.2, 0.25) is 0 Å². The summed E-state index contributed by atoms with van der Waals surface area (Å²) in [5.74, 6) is 2.11. The van der Waals surface area contributed by atoms with Crippen LogP contribution in [0.1, 0.15) is 59.8 Å². The van der Waals surface area contributed by atoms with Crippen LogP contribution < -0.4 is 9.64 Å². The number of methoxy groups -OCH3 is 1. The summed E-state index contributed by atoms with van der Waals surface area (Å²) in [4.78, 5) is 7.77. The highest BCUT2D eigenvalue weighted by Crippen LogP contribution is 2.38. The number of aryl methyl sites for hydroxylation is 4. The SMILES string of the molecule is CCCCN(Cc1ccc(C)cc1)c1c2c(nc3c(-c4ccc(OC)cc4C)c(C)nn13)CCC2.Cl. The van der Waals surface area contributed by atoms with Gasteiger partial charge in [0, 0.05) is 29.9 Å². The van der Waals surface area contributed by atoms with Gasteiger partial charge >= 0.3 is 0 Å². The van der Waals surface area contributed by atoms with Gasteiger partial charge < -0.3 is 9.64 Å². The van der Waals surface area contributed by atoms with E-state index in [2.05, 4.69) is 73.5 Å². The minimum absolute atomic E-state index is 0. The summed E-state index contributed by atoms with van der Waals surface area (Å²) in [6, 6.07) is 15.2. The first-order valence-corrected chi connectivity index (χ1v) is 12.9. The maximum Gasteiger partial charge on any atom is 0.165 e. The first-order chi connectivity index (χ1) is 17.0. The van der Waals surface area contributed by atoms with Gasteiger partial charge in [-0.3, -0.25) is 0 Å². The first-order valence-electron chi connectivity index (χ1n) is 12.9. The van der Waals surface area contributed by atoms with E-state index in [4.69, 9.17) is 14.8 Å². The van der Waals surface area contributed by atoms with E-state index in [1.807, 2.05) is 6.07 Å². The molecule has 4 aromatic rings. The van der Waals surface area contributed by atoms with Gasteiger partial charge in [0.05, 0.1) is 12.8 Å². The van der Waals surface area contributed by atoms with E-state index in [1.54, 1.807) is 7.11 Å². The Kier molecular flexibility index (Phi) is 7.89. The van der Waals surface area contributed by atoms with Gasteiger partial charge in [-0.15, -0.1) is 12.4 Å². The number of nitrogens with zero attached hydrogens (tertiary/aromatic N) is 4. The Morgan fingerprint density at radius 3 is 2.50 bits per heavy atom. The maximum absolute atomic E-state index is 5.45. The molecule has 0 fully saturated rings. The second-order valence-electron chi connectivity index (χ2n) is 9.85. The van der Waals surface area contributed by atoms with Crippen LogP contribution in [0.4, 0.5) is 5.82 Å². The Balaban J connectivity index is 0.00000304. The van der Waals surface area contributed by atoms with Gasteiger partial charge in [-0.05, 0) is 75.3 Å². The Hall–Kier alpha value is -3.05. The van der Waals surface area contributed by atoms with Crippen LogP contribution in [0.3, 0.4) is 0 Å². The number of ether oxygens (including phenoxy) is 1. The molecule has 190 valence electrons. The van der Waals surface area contributed by atoms with Crippen molar-refractivity contribution in [3.8, 4) is 16.9 Å². The standard InChI is InChI=1S/C30H36N4O.ClH/c1-6-7-17-33(19-23-13-11-20(2)12-14-23)30-26-9-8-10-27(26)31-29-28(22(4)32-34(29)30)25-16-15-24(35-5)18-21(25)3;/h11-16,18H,6-10,17,19H2,1-5H3;1H. The van der Waals surface area contributed by atoms with Gasteiger partial charge in [0.15, 0.2) is 5.65 Å². The molecular formula is C30H37ClN4O. The lowest BCUT2D eigenvalue weighted by Crippen LogP contribution is -2.28. The Labute approximate surface area is 220 Å². The van der Waals surface area contributed by atoms with Gasteiger partial charge in [-0.1, -0.05) is 49.2 Å². The molecule has 0 saturated heterocycles. The Morgan fingerprint density at radius 2 is 1.81 bits per heavy atom. The molecule has 0 aliphatic heterocycles. The van der Waals surface area contributed by atoms with Gasteiger partial charge in [-0.25, -0.2) is 4.98 Å². The Bertz CT molecular complexity index is 1360. The van der Waals surface area contributed by atoms with Crippen molar-refractivity contribution in [2.45, 2.75) is 66.3 Å². The second kappa shape index (κ2) is 10.9. The van der Waals surface area contributed by atoms with E-state index in [-0.39, 0.29) is 12.4 Å². The molecule has 6 heteroatoms. The van der Waals surface area contributed by atoms with Crippen molar-refractivity contribution < 1.29 is 4.74 Å². The fourth-order valence-electron chi connectivity index (χ4n) is 5.32. The van der Waals surface area contributed by atoms with Crippen molar-refractivity contribution in [2.75, 3.05) is 18.6 Å². The third-order valence-electron chi connectivity index (χ3n) is 7.21. The van der Waals surface area contributed by atoms with Crippen molar-refractivity contribution >= 4 is 23.9 Å². The number of hydrogen-bond acceptors (Lipinski definition) is 4. The van der Waals surface area contributed by atoms with E-state index >= 15 is 0 Å². The molecule has 0 unspecified atom stereocenters. The minimum Gasteiger partial charge on any atom is -0.497 e. The minimum atomic E-state index is 0. The summed E-state index contributed by atoms with van der Waals surface area (Å²) in [5, 5.41) is 5.12. The normalized spacial score (nSPS) is 12.5. The number of aromatic nitrogens is 3. The van der Waals surface area contributed by atoms with Crippen LogP contribution in [0, 0.1) is 20.8 Å². The number of fused-ring (bicyclic) bond motifs is 2. The quantitative estimate of drug-likeness (QED) is 0.258. The summed E-state index contributed by atoms with van der Waals surface area (Å²) in [7, 11) is 1.71. The molecule has 36 heavy (non-hydrogen) atoms. The monoisotopic (exact) mass is 504 g/mol. The van der Waals surface area contributed by atoms with Gasteiger partial charge in [0.1, 0.15) is 11.6 Å². The van der Waals surface area contributed by atoms with Gasteiger partial charge in [-0.2, -0.15) is 9.61 Å². The molecule has 1 aliphatic carbocycles. The molecular weight excluding hydrogens is 468 g/mol. The molecule has 0 saturated carbocycles. The zero-order valence-corrected chi connectivity index (χ0v) is 22.9. The van der Waals surface area contributed by atoms with E-state index < -0.39 is 0 Å². The molecule has 2 aromatic carbocycles. The van der Waals surface area contributed by atoms with E-state index in [0.29, 0.717) is 0 Å². The van der Waals surface area contributed by atoms with E-state index in [0.717, 1.165) is 67.8 Å². The molecule has 0 bridgehead atoms. The summed E-state index contributed by atoms with van der Waals surface area (Å²) >= 11 is 0. The molecule has 0 radical (unpaired) electrons. The summed E-state index contributed by atoms with van der Waals surface area (Å²) < 4.78 is 7.60. The largest absolute Gasteiger partial charge is 0.497 e. The van der Waals surface area contributed by atoms with E-state index in [9.17, 15) is 0 Å². The van der Waals surface area contributed by atoms with Gasteiger partial charge in [0.25, 0.3) is 0 Å². The molecule has 1 aliphatic rings. The van der Waals surface area contributed by atoms with E-state index in [1.165, 1.54) is 39.3 Å². The summed E-state index contributed by atoms with van der Waals surface area (Å²) in [6.07, 6.45) is 5.57. The zero-order chi connectivity index (χ0) is 24.5. The van der Waals surface area contributed by atoms with Crippen LogP contribution in [0.15, 0.2) is 42.5 Å². The second-order valence-corrected chi connectivity index (χ2v) is 9.85. The maximum atomic E-state index is 5.45. The van der Waals surface area contributed by atoms with Crippen molar-refractivity contribution in [2.24, 2.45) is 0 Å². The van der Waals surface area contributed by atoms with Crippen molar-refractivity contribution in [1.29, 1.82) is 0 Å².